The van der Waals surface area contributed by atoms with Gasteiger partial charge in [0, 0.05) is 22.5 Å². The Hall–Kier alpha value is -2.67. The van der Waals surface area contributed by atoms with E-state index in [2.05, 4.69) is 35.0 Å². The lowest BCUT2D eigenvalue weighted by Crippen LogP contribution is -2.01. The molecule has 0 bridgehead atoms. The van der Waals surface area contributed by atoms with Crippen LogP contribution in [-0.4, -0.2) is 32.7 Å². The van der Waals surface area contributed by atoms with Crippen molar-refractivity contribution < 1.29 is 9.53 Å². The van der Waals surface area contributed by atoms with Crippen LogP contribution in [0.5, 0.6) is 0 Å². The first kappa shape index (κ1) is 15.8. The van der Waals surface area contributed by atoms with Crippen molar-refractivity contribution in [1.82, 2.24) is 19.6 Å². The summed E-state index contributed by atoms with van der Waals surface area (Å²) in [6, 6.07) is 2.10. The molecule has 4 rings (SSSR count). The number of fused-ring (bicyclic) bond motifs is 2. The van der Waals surface area contributed by atoms with E-state index in [1.54, 1.807) is 10.8 Å². The van der Waals surface area contributed by atoms with Crippen LogP contribution in [0.2, 0.25) is 0 Å². The number of esters is 1. The number of carbonyl (C=O) groups excluding carboxylic acids is 1. The molecule has 25 heavy (non-hydrogen) atoms. The largest absolute Gasteiger partial charge is 0.465 e. The van der Waals surface area contributed by atoms with Crippen molar-refractivity contribution in [3.05, 3.63) is 40.7 Å². The van der Waals surface area contributed by atoms with Gasteiger partial charge in [0.05, 0.1) is 18.4 Å². The first-order valence-corrected chi connectivity index (χ1v) is 8.91. The Balaban J connectivity index is 2.02. The number of nitrogens with one attached hydrogen (secondary N) is 1. The third-order valence-electron chi connectivity index (χ3n) is 4.40. The summed E-state index contributed by atoms with van der Waals surface area (Å²) < 4.78 is 6.73. The van der Waals surface area contributed by atoms with E-state index in [0.29, 0.717) is 5.56 Å². The number of pyridine rings is 1. The number of aromatic nitrogens is 4. The highest BCUT2D eigenvalue weighted by atomic mass is 32.1. The number of aromatic amines is 1. The van der Waals surface area contributed by atoms with Gasteiger partial charge < -0.3 is 9.72 Å². The summed E-state index contributed by atoms with van der Waals surface area (Å²) in [5.41, 5.74) is 5.68. The normalized spacial score (nSPS) is 11.7. The molecule has 0 aromatic carbocycles. The highest BCUT2D eigenvalue weighted by molar-refractivity contribution is 7.17. The van der Waals surface area contributed by atoms with E-state index in [1.807, 2.05) is 18.5 Å². The SMILES string of the molecule is COC(=O)c1csc2[nH]c(-c3cc(C)c4ncnn4c3)c(C(C)C)c12. The summed E-state index contributed by atoms with van der Waals surface area (Å²) in [7, 11) is 1.41. The van der Waals surface area contributed by atoms with Gasteiger partial charge in [-0.05, 0) is 30.0 Å². The third kappa shape index (κ3) is 2.34. The second-order valence-electron chi connectivity index (χ2n) is 6.35. The molecule has 0 aliphatic heterocycles. The van der Waals surface area contributed by atoms with Crippen LogP contribution in [0.15, 0.2) is 24.0 Å². The fourth-order valence-electron chi connectivity index (χ4n) is 3.32. The zero-order chi connectivity index (χ0) is 17.7. The van der Waals surface area contributed by atoms with Gasteiger partial charge in [0.2, 0.25) is 0 Å². The van der Waals surface area contributed by atoms with Gasteiger partial charge in [-0.15, -0.1) is 11.3 Å². The minimum Gasteiger partial charge on any atom is -0.465 e. The van der Waals surface area contributed by atoms with Crippen LogP contribution in [0.4, 0.5) is 0 Å². The van der Waals surface area contributed by atoms with E-state index in [0.717, 1.165) is 38.2 Å². The van der Waals surface area contributed by atoms with Crippen LogP contribution in [0.3, 0.4) is 0 Å². The molecule has 6 nitrogen and oxygen atoms in total. The van der Waals surface area contributed by atoms with E-state index in [-0.39, 0.29) is 11.9 Å². The smallest absolute Gasteiger partial charge is 0.339 e. The van der Waals surface area contributed by atoms with Gasteiger partial charge in [-0.25, -0.2) is 14.3 Å². The number of rotatable bonds is 3. The summed E-state index contributed by atoms with van der Waals surface area (Å²) in [4.78, 5) is 20.9. The predicted octanol–water partition coefficient (Wildman–Crippen LogP) is 4.16. The number of methoxy groups -OCH3 is 1. The molecule has 0 spiro atoms. The van der Waals surface area contributed by atoms with Crippen molar-refractivity contribution in [1.29, 1.82) is 0 Å². The minimum absolute atomic E-state index is 0.244. The fourth-order valence-corrected chi connectivity index (χ4v) is 4.27. The molecule has 128 valence electrons. The van der Waals surface area contributed by atoms with Crippen LogP contribution in [0.25, 0.3) is 27.1 Å². The zero-order valence-corrected chi connectivity index (χ0v) is 15.3. The lowest BCUT2D eigenvalue weighted by atomic mass is 9.95. The summed E-state index contributed by atoms with van der Waals surface area (Å²) in [5.74, 6) is -0.0601. The number of H-pyrrole nitrogens is 1. The molecule has 0 atom stereocenters. The topological polar surface area (TPSA) is 72.3 Å². The Labute approximate surface area is 148 Å². The number of carbonyl (C=O) groups is 1. The maximum Gasteiger partial charge on any atom is 0.339 e. The lowest BCUT2D eigenvalue weighted by molar-refractivity contribution is 0.0603. The van der Waals surface area contributed by atoms with Gasteiger partial charge in [0.25, 0.3) is 0 Å². The van der Waals surface area contributed by atoms with E-state index >= 15 is 0 Å². The van der Waals surface area contributed by atoms with Crippen molar-refractivity contribution in [2.45, 2.75) is 26.7 Å². The Kier molecular flexibility index (Phi) is 3.61. The van der Waals surface area contributed by atoms with Gasteiger partial charge in [-0.1, -0.05) is 13.8 Å². The molecule has 0 saturated carbocycles. The molecule has 0 amide bonds. The molecule has 0 aliphatic carbocycles. The zero-order valence-electron chi connectivity index (χ0n) is 14.5. The highest BCUT2D eigenvalue weighted by Crippen LogP contribution is 2.40. The second-order valence-corrected chi connectivity index (χ2v) is 7.23. The van der Waals surface area contributed by atoms with Gasteiger partial charge in [0.15, 0.2) is 5.65 Å². The Morgan fingerprint density at radius 2 is 2.20 bits per heavy atom. The standard InChI is InChI=1S/C18H18N4O2S/c1-9(2)13-14-12(18(23)24-4)7-25-17(14)21-15(13)11-5-10(3)16-19-8-20-22(16)6-11/h5-9,21H,1-4H3. The molecule has 1 N–H and O–H groups in total. The van der Waals surface area contributed by atoms with Crippen molar-refractivity contribution in [2.75, 3.05) is 7.11 Å². The minimum atomic E-state index is -0.304. The molecule has 0 saturated heterocycles. The van der Waals surface area contributed by atoms with E-state index < -0.39 is 0 Å². The number of hydrogen-bond acceptors (Lipinski definition) is 5. The van der Waals surface area contributed by atoms with Crippen molar-refractivity contribution in [3.8, 4) is 11.3 Å². The molecule has 4 heterocycles. The first-order valence-electron chi connectivity index (χ1n) is 8.03. The van der Waals surface area contributed by atoms with Gasteiger partial charge in [-0.2, -0.15) is 5.10 Å². The van der Waals surface area contributed by atoms with Crippen LogP contribution >= 0.6 is 11.3 Å². The molecule has 0 radical (unpaired) electrons. The average Bonchev–Trinajstić information content (AvgIpc) is 3.27. The number of ether oxygens (including phenoxy) is 1. The van der Waals surface area contributed by atoms with E-state index in [9.17, 15) is 4.79 Å². The second kappa shape index (κ2) is 5.70. The Morgan fingerprint density at radius 1 is 1.40 bits per heavy atom. The summed E-state index contributed by atoms with van der Waals surface area (Å²) in [5, 5.41) is 7.07. The van der Waals surface area contributed by atoms with Gasteiger partial charge in [-0.3, -0.25) is 0 Å². The monoisotopic (exact) mass is 354 g/mol. The molecular formula is C18H18N4O2S. The summed E-state index contributed by atoms with van der Waals surface area (Å²) in [6.45, 7) is 6.28. The first-order chi connectivity index (χ1) is 12.0. The van der Waals surface area contributed by atoms with E-state index in [1.165, 1.54) is 18.4 Å². The van der Waals surface area contributed by atoms with Crippen LogP contribution in [0.1, 0.15) is 41.3 Å². The number of hydrogen-bond donors (Lipinski definition) is 1. The van der Waals surface area contributed by atoms with Crippen LogP contribution in [0, 0.1) is 6.92 Å². The quantitative estimate of drug-likeness (QED) is 0.561. The Bertz CT molecular complexity index is 1100. The molecule has 0 fully saturated rings. The maximum absolute atomic E-state index is 12.2. The molecule has 4 aromatic heterocycles. The van der Waals surface area contributed by atoms with Crippen LogP contribution in [-0.2, 0) is 4.74 Å². The third-order valence-corrected chi connectivity index (χ3v) is 5.29. The number of nitrogens with zero attached hydrogens (tertiary/aromatic N) is 3. The fraction of sp³-hybridized carbons (Fsp3) is 0.278. The average molecular weight is 354 g/mol. The van der Waals surface area contributed by atoms with Gasteiger partial charge >= 0.3 is 5.97 Å². The predicted molar refractivity (Wildman–Crippen MR) is 98.3 cm³/mol. The van der Waals surface area contributed by atoms with E-state index in [4.69, 9.17) is 4.74 Å². The lowest BCUT2D eigenvalue weighted by Gasteiger charge is -2.10. The van der Waals surface area contributed by atoms with Crippen LogP contribution < -0.4 is 0 Å². The molecule has 0 aliphatic rings. The molecular weight excluding hydrogens is 336 g/mol. The Morgan fingerprint density at radius 3 is 2.92 bits per heavy atom. The number of aryl methyl sites for hydroxylation is 1. The molecule has 7 heteroatoms. The molecule has 4 aromatic rings. The number of thiophene rings is 1. The maximum atomic E-state index is 12.2. The van der Waals surface area contributed by atoms with Crippen molar-refractivity contribution >= 4 is 33.2 Å². The molecule has 0 unspecified atom stereocenters. The summed E-state index contributed by atoms with van der Waals surface area (Å²) in [6.07, 6.45) is 3.52. The van der Waals surface area contributed by atoms with Crippen molar-refractivity contribution in [3.63, 3.8) is 0 Å². The van der Waals surface area contributed by atoms with Crippen molar-refractivity contribution in [2.24, 2.45) is 0 Å². The highest BCUT2D eigenvalue weighted by Gasteiger charge is 2.24. The summed E-state index contributed by atoms with van der Waals surface area (Å²) >= 11 is 1.52. The van der Waals surface area contributed by atoms with Gasteiger partial charge in [0.1, 0.15) is 11.2 Å².